The van der Waals surface area contributed by atoms with Crippen molar-refractivity contribution in [2.24, 2.45) is 0 Å². The molecule has 0 radical (unpaired) electrons. The molecule has 0 fully saturated rings. The average Bonchev–Trinajstić information content (AvgIpc) is 2.44. The van der Waals surface area contributed by atoms with Gasteiger partial charge in [0.05, 0.1) is 5.56 Å². The second-order valence-corrected chi connectivity index (χ2v) is 4.67. The van der Waals surface area contributed by atoms with Gasteiger partial charge in [0.15, 0.2) is 0 Å². The minimum atomic E-state index is -4.67. The molecule has 2 aromatic rings. The summed E-state index contributed by atoms with van der Waals surface area (Å²) >= 11 is 0. The zero-order chi connectivity index (χ0) is 15.5. The monoisotopic (exact) mass is 297 g/mol. The smallest absolute Gasteiger partial charge is 0.313 e. The van der Waals surface area contributed by atoms with Gasteiger partial charge < -0.3 is 5.32 Å². The van der Waals surface area contributed by atoms with Gasteiger partial charge in [-0.1, -0.05) is 31.2 Å². The molecule has 1 nitrogen and oxygen atoms in total. The highest BCUT2D eigenvalue weighted by atomic mass is 19.4. The van der Waals surface area contributed by atoms with Crippen LogP contribution in [0.3, 0.4) is 0 Å². The molecule has 21 heavy (non-hydrogen) atoms. The normalized spacial score (nSPS) is 11.7. The van der Waals surface area contributed by atoms with Crippen molar-refractivity contribution in [3.05, 3.63) is 59.4 Å². The van der Waals surface area contributed by atoms with Gasteiger partial charge in [0.2, 0.25) is 0 Å². The third-order valence-corrected chi connectivity index (χ3v) is 3.11. The van der Waals surface area contributed by atoms with Crippen molar-refractivity contribution in [3.63, 3.8) is 0 Å². The first-order valence-corrected chi connectivity index (χ1v) is 6.58. The Hall–Kier alpha value is -1.88. The Morgan fingerprint density at radius 3 is 2.33 bits per heavy atom. The van der Waals surface area contributed by atoms with E-state index in [1.165, 1.54) is 6.07 Å². The summed E-state index contributed by atoms with van der Waals surface area (Å²) in [6.07, 6.45) is -4.67. The number of hydrogen-bond acceptors (Lipinski definition) is 1. The van der Waals surface area contributed by atoms with Crippen LogP contribution in [-0.4, -0.2) is 6.54 Å². The van der Waals surface area contributed by atoms with Crippen molar-refractivity contribution in [2.75, 3.05) is 6.54 Å². The second kappa shape index (κ2) is 6.26. The molecule has 0 heterocycles. The molecule has 0 saturated heterocycles. The van der Waals surface area contributed by atoms with Crippen LogP contribution in [0.25, 0.3) is 11.1 Å². The predicted molar refractivity (Wildman–Crippen MR) is 74.2 cm³/mol. The van der Waals surface area contributed by atoms with Crippen molar-refractivity contribution < 1.29 is 17.6 Å². The Morgan fingerprint density at radius 1 is 1.00 bits per heavy atom. The summed E-state index contributed by atoms with van der Waals surface area (Å²) < 4.78 is 51.2. The molecule has 0 bridgehead atoms. The molecule has 0 spiro atoms. The maximum absolute atomic E-state index is 13.6. The Labute approximate surface area is 120 Å². The second-order valence-electron chi connectivity index (χ2n) is 4.67. The number of hydrogen-bond donors (Lipinski definition) is 1. The van der Waals surface area contributed by atoms with E-state index in [0.29, 0.717) is 17.7 Å². The van der Waals surface area contributed by atoms with Crippen molar-refractivity contribution in [3.8, 4) is 11.1 Å². The van der Waals surface area contributed by atoms with Crippen molar-refractivity contribution in [1.29, 1.82) is 0 Å². The lowest BCUT2D eigenvalue weighted by molar-refractivity contribution is -0.139. The average molecular weight is 297 g/mol. The lowest BCUT2D eigenvalue weighted by Gasteiger charge is -2.10. The highest BCUT2D eigenvalue weighted by molar-refractivity contribution is 5.64. The van der Waals surface area contributed by atoms with Crippen LogP contribution in [-0.2, 0) is 12.7 Å². The predicted octanol–water partition coefficient (Wildman–Crippen LogP) is 4.62. The molecule has 0 unspecified atom stereocenters. The van der Waals surface area contributed by atoms with Crippen LogP contribution < -0.4 is 5.32 Å². The lowest BCUT2D eigenvalue weighted by atomic mass is 10.0. The van der Waals surface area contributed by atoms with Crippen LogP contribution >= 0.6 is 0 Å². The summed E-state index contributed by atoms with van der Waals surface area (Å²) in [7, 11) is 0. The van der Waals surface area contributed by atoms with E-state index in [1.807, 2.05) is 19.1 Å². The fourth-order valence-electron chi connectivity index (χ4n) is 2.05. The highest BCUT2D eigenvalue weighted by Gasteiger charge is 2.33. The van der Waals surface area contributed by atoms with Gasteiger partial charge in [0, 0.05) is 6.54 Å². The van der Waals surface area contributed by atoms with E-state index in [4.69, 9.17) is 0 Å². The van der Waals surface area contributed by atoms with Crippen LogP contribution in [0.5, 0.6) is 0 Å². The van der Waals surface area contributed by atoms with E-state index < -0.39 is 17.6 Å². The fourth-order valence-corrected chi connectivity index (χ4v) is 2.05. The first kappa shape index (κ1) is 15.5. The SMILES string of the molecule is CCNCc1cccc(-c2ccc(C(F)(F)F)c(F)c2)c1. The summed E-state index contributed by atoms with van der Waals surface area (Å²) in [6.45, 7) is 3.46. The van der Waals surface area contributed by atoms with Crippen molar-refractivity contribution in [1.82, 2.24) is 5.32 Å². The van der Waals surface area contributed by atoms with Gasteiger partial charge in [-0.25, -0.2) is 4.39 Å². The number of halogens is 4. The topological polar surface area (TPSA) is 12.0 Å². The molecule has 0 aliphatic carbocycles. The van der Waals surface area contributed by atoms with Crippen LogP contribution in [0.4, 0.5) is 17.6 Å². The molecule has 2 aromatic carbocycles. The van der Waals surface area contributed by atoms with Crippen LogP contribution in [0, 0.1) is 5.82 Å². The standard InChI is InChI=1S/C16H15F4N/c1-2-21-10-11-4-3-5-12(8-11)13-6-7-14(15(17)9-13)16(18,19)20/h3-9,21H,2,10H2,1H3. The number of nitrogens with one attached hydrogen (secondary N) is 1. The van der Waals surface area contributed by atoms with Gasteiger partial charge in [0.1, 0.15) is 5.82 Å². The minimum absolute atomic E-state index is 0.429. The maximum Gasteiger partial charge on any atom is 0.419 e. The van der Waals surface area contributed by atoms with E-state index in [2.05, 4.69) is 5.32 Å². The first-order chi connectivity index (χ1) is 9.91. The van der Waals surface area contributed by atoms with Crippen molar-refractivity contribution in [2.45, 2.75) is 19.6 Å². The van der Waals surface area contributed by atoms with Crippen LogP contribution in [0.1, 0.15) is 18.1 Å². The third-order valence-electron chi connectivity index (χ3n) is 3.11. The summed E-state index contributed by atoms with van der Waals surface area (Å²) in [5.41, 5.74) is 0.876. The molecule has 0 amide bonds. The van der Waals surface area contributed by atoms with E-state index in [0.717, 1.165) is 24.2 Å². The molecule has 0 aromatic heterocycles. The number of alkyl halides is 3. The van der Waals surface area contributed by atoms with Gasteiger partial charge in [-0.2, -0.15) is 13.2 Å². The molecular weight excluding hydrogens is 282 g/mol. The highest BCUT2D eigenvalue weighted by Crippen LogP contribution is 2.33. The van der Waals surface area contributed by atoms with E-state index in [9.17, 15) is 17.6 Å². The largest absolute Gasteiger partial charge is 0.419 e. The zero-order valence-corrected chi connectivity index (χ0v) is 11.5. The van der Waals surface area contributed by atoms with E-state index >= 15 is 0 Å². The molecule has 1 N–H and O–H groups in total. The van der Waals surface area contributed by atoms with Gasteiger partial charge in [0.25, 0.3) is 0 Å². The van der Waals surface area contributed by atoms with Gasteiger partial charge in [-0.05, 0) is 41.4 Å². The number of benzene rings is 2. The van der Waals surface area contributed by atoms with Gasteiger partial charge in [-0.15, -0.1) is 0 Å². The molecule has 0 saturated carbocycles. The zero-order valence-electron chi connectivity index (χ0n) is 11.5. The summed E-state index contributed by atoms with van der Waals surface area (Å²) in [5.74, 6) is -1.25. The summed E-state index contributed by atoms with van der Waals surface area (Å²) in [5, 5.41) is 3.16. The fraction of sp³-hybridized carbons (Fsp3) is 0.250. The quantitative estimate of drug-likeness (QED) is 0.812. The Bertz CT molecular complexity index is 620. The summed E-state index contributed by atoms with van der Waals surface area (Å²) in [4.78, 5) is 0. The Balaban J connectivity index is 2.32. The Morgan fingerprint density at radius 2 is 1.71 bits per heavy atom. The van der Waals surface area contributed by atoms with Crippen LogP contribution in [0.15, 0.2) is 42.5 Å². The summed E-state index contributed by atoms with van der Waals surface area (Å²) in [6, 6.07) is 10.3. The molecule has 112 valence electrons. The molecule has 0 aliphatic rings. The third kappa shape index (κ3) is 3.82. The van der Waals surface area contributed by atoms with Gasteiger partial charge >= 0.3 is 6.18 Å². The minimum Gasteiger partial charge on any atom is -0.313 e. The van der Waals surface area contributed by atoms with Crippen molar-refractivity contribution >= 4 is 0 Å². The molecule has 0 atom stereocenters. The van der Waals surface area contributed by atoms with Crippen LogP contribution in [0.2, 0.25) is 0 Å². The number of rotatable bonds is 4. The molecule has 0 aliphatic heterocycles. The molecule has 2 rings (SSSR count). The van der Waals surface area contributed by atoms with E-state index in [1.54, 1.807) is 12.1 Å². The first-order valence-electron chi connectivity index (χ1n) is 6.58. The lowest BCUT2D eigenvalue weighted by Crippen LogP contribution is -2.11. The molecular formula is C16H15F4N. The Kier molecular flexibility index (Phi) is 4.63. The van der Waals surface area contributed by atoms with Gasteiger partial charge in [-0.3, -0.25) is 0 Å². The van der Waals surface area contributed by atoms with E-state index in [-0.39, 0.29) is 0 Å². The maximum atomic E-state index is 13.6. The molecule has 5 heteroatoms.